The molecule has 1 N–H and O–H groups in total. The van der Waals surface area contributed by atoms with Crippen molar-refractivity contribution in [3.8, 4) is 0 Å². The number of hydrogen-bond donors (Lipinski definition) is 1. The second-order valence-corrected chi connectivity index (χ2v) is 7.30. The van der Waals surface area contributed by atoms with E-state index in [1.54, 1.807) is 0 Å². The topological polar surface area (TPSA) is 63.2 Å². The van der Waals surface area contributed by atoms with Gasteiger partial charge in [0, 0.05) is 6.26 Å². The molecule has 0 spiro atoms. The van der Waals surface area contributed by atoms with Crippen LogP contribution in [0.15, 0.2) is 41.3 Å². The number of sulfone groups is 1. The van der Waals surface area contributed by atoms with Crippen LogP contribution in [0, 0.1) is 5.82 Å². The molecule has 4 nitrogen and oxygen atoms in total. The van der Waals surface area contributed by atoms with Crippen LogP contribution in [0.1, 0.15) is 10.4 Å². The summed E-state index contributed by atoms with van der Waals surface area (Å²) in [5.41, 5.74) is -0.206. The van der Waals surface area contributed by atoms with Gasteiger partial charge in [-0.05, 0) is 30.3 Å². The smallest absolute Gasteiger partial charge is 0.257 e. The van der Waals surface area contributed by atoms with E-state index in [1.165, 1.54) is 30.3 Å². The minimum atomic E-state index is -3.50. The van der Waals surface area contributed by atoms with E-state index in [0.717, 1.165) is 12.3 Å². The lowest BCUT2D eigenvalue weighted by Crippen LogP contribution is -2.14. The Morgan fingerprint density at radius 1 is 1.14 bits per heavy atom. The number of halogens is 3. The molecule has 0 saturated carbocycles. The lowest BCUT2D eigenvalue weighted by molar-refractivity contribution is 0.102. The summed E-state index contributed by atoms with van der Waals surface area (Å²) >= 11 is 11.5. The van der Waals surface area contributed by atoms with Crippen molar-refractivity contribution >= 4 is 44.6 Å². The number of anilines is 1. The van der Waals surface area contributed by atoms with E-state index in [1.807, 2.05) is 0 Å². The number of rotatable bonds is 3. The fourth-order valence-corrected chi connectivity index (χ4v) is 2.72. The SMILES string of the molecule is CS(=O)(=O)c1ccc(Cl)c(C(=O)Nc2cccc(Cl)c2F)c1. The molecule has 22 heavy (non-hydrogen) atoms. The first-order valence-corrected chi connectivity index (χ1v) is 8.60. The highest BCUT2D eigenvalue weighted by Gasteiger charge is 2.17. The first kappa shape index (κ1) is 16.7. The Hall–Kier alpha value is -1.63. The summed E-state index contributed by atoms with van der Waals surface area (Å²) in [6, 6.07) is 7.85. The Morgan fingerprint density at radius 3 is 2.45 bits per heavy atom. The van der Waals surface area contributed by atoms with Crippen LogP contribution in [0.4, 0.5) is 10.1 Å². The van der Waals surface area contributed by atoms with Gasteiger partial charge in [0.1, 0.15) is 0 Å². The molecule has 8 heteroatoms. The van der Waals surface area contributed by atoms with Crippen LogP contribution in [-0.2, 0) is 9.84 Å². The van der Waals surface area contributed by atoms with E-state index in [9.17, 15) is 17.6 Å². The second kappa shape index (κ2) is 6.24. The molecular weight excluding hydrogens is 352 g/mol. The lowest BCUT2D eigenvalue weighted by atomic mass is 10.2. The molecule has 1 amide bonds. The number of hydrogen-bond acceptors (Lipinski definition) is 3. The Balaban J connectivity index is 2.40. The van der Waals surface area contributed by atoms with Gasteiger partial charge in [0.2, 0.25) is 0 Å². The molecule has 2 aromatic carbocycles. The van der Waals surface area contributed by atoms with Crippen molar-refractivity contribution in [2.75, 3.05) is 11.6 Å². The highest BCUT2D eigenvalue weighted by Crippen LogP contribution is 2.25. The molecule has 116 valence electrons. The van der Waals surface area contributed by atoms with Gasteiger partial charge in [-0.1, -0.05) is 29.3 Å². The molecule has 2 rings (SSSR count). The van der Waals surface area contributed by atoms with Gasteiger partial charge in [0.05, 0.1) is 26.2 Å². The Labute approximate surface area is 136 Å². The van der Waals surface area contributed by atoms with Gasteiger partial charge in [-0.15, -0.1) is 0 Å². The molecule has 0 radical (unpaired) electrons. The molecule has 0 heterocycles. The number of amides is 1. The van der Waals surface area contributed by atoms with E-state index in [4.69, 9.17) is 23.2 Å². The van der Waals surface area contributed by atoms with Gasteiger partial charge in [-0.25, -0.2) is 12.8 Å². The van der Waals surface area contributed by atoms with Crippen molar-refractivity contribution in [3.05, 3.63) is 57.8 Å². The average molecular weight is 362 g/mol. The number of benzene rings is 2. The Morgan fingerprint density at radius 2 is 1.82 bits per heavy atom. The summed E-state index contributed by atoms with van der Waals surface area (Å²) in [5.74, 6) is -1.52. The quantitative estimate of drug-likeness (QED) is 0.904. The molecule has 0 aliphatic carbocycles. The van der Waals surface area contributed by atoms with Crippen molar-refractivity contribution in [1.82, 2.24) is 0 Å². The summed E-state index contributed by atoms with van der Waals surface area (Å²) < 4.78 is 36.8. The fraction of sp³-hybridized carbons (Fsp3) is 0.0714. The number of carbonyl (C=O) groups excluding carboxylic acids is 1. The summed E-state index contributed by atoms with van der Waals surface area (Å²) in [7, 11) is -3.50. The van der Waals surface area contributed by atoms with Gasteiger partial charge >= 0.3 is 0 Å². The number of nitrogens with one attached hydrogen (secondary N) is 1. The third kappa shape index (κ3) is 3.58. The largest absolute Gasteiger partial charge is 0.319 e. The first-order valence-electron chi connectivity index (χ1n) is 5.95. The van der Waals surface area contributed by atoms with Crippen LogP contribution in [0.5, 0.6) is 0 Å². The Bertz CT molecular complexity index is 853. The predicted octanol–water partition coefficient (Wildman–Crippen LogP) is 3.79. The fourth-order valence-electron chi connectivity index (χ4n) is 1.70. The molecule has 0 atom stereocenters. The maximum Gasteiger partial charge on any atom is 0.257 e. The third-order valence-electron chi connectivity index (χ3n) is 2.81. The predicted molar refractivity (Wildman–Crippen MR) is 83.9 cm³/mol. The maximum absolute atomic E-state index is 13.8. The van der Waals surface area contributed by atoms with E-state index in [0.29, 0.717) is 0 Å². The summed E-state index contributed by atoms with van der Waals surface area (Å²) in [6.45, 7) is 0. The van der Waals surface area contributed by atoms with Gasteiger partial charge in [-0.3, -0.25) is 4.79 Å². The van der Waals surface area contributed by atoms with Crippen LogP contribution in [0.25, 0.3) is 0 Å². The minimum Gasteiger partial charge on any atom is -0.319 e. The molecule has 0 aliphatic heterocycles. The van der Waals surface area contributed by atoms with E-state index in [-0.39, 0.29) is 26.2 Å². The maximum atomic E-state index is 13.8. The van der Waals surface area contributed by atoms with Crippen molar-refractivity contribution in [2.45, 2.75) is 4.90 Å². The molecule has 0 aromatic heterocycles. The van der Waals surface area contributed by atoms with Crippen LogP contribution < -0.4 is 5.32 Å². The zero-order chi connectivity index (χ0) is 16.5. The molecule has 0 saturated heterocycles. The summed E-state index contributed by atoms with van der Waals surface area (Å²) in [6.07, 6.45) is 1.01. The highest BCUT2D eigenvalue weighted by atomic mass is 35.5. The molecule has 0 bridgehead atoms. The normalized spacial score (nSPS) is 11.3. The first-order chi connectivity index (χ1) is 10.2. The monoisotopic (exact) mass is 361 g/mol. The van der Waals surface area contributed by atoms with Crippen molar-refractivity contribution in [3.63, 3.8) is 0 Å². The molecule has 0 aliphatic rings. The molecule has 0 fully saturated rings. The van der Waals surface area contributed by atoms with Gasteiger partial charge in [-0.2, -0.15) is 0 Å². The highest BCUT2D eigenvalue weighted by molar-refractivity contribution is 7.90. The van der Waals surface area contributed by atoms with Crippen LogP contribution in [0.3, 0.4) is 0 Å². The van der Waals surface area contributed by atoms with Gasteiger partial charge in [0.25, 0.3) is 5.91 Å². The zero-order valence-corrected chi connectivity index (χ0v) is 13.6. The minimum absolute atomic E-state index is 0.0485. The van der Waals surface area contributed by atoms with Crippen molar-refractivity contribution in [1.29, 1.82) is 0 Å². The average Bonchev–Trinajstić information content (AvgIpc) is 2.43. The van der Waals surface area contributed by atoms with Crippen LogP contribution in [0.2, 0.25) is 10.0 Å². The summed E-state index contributed by atoms with van der Waals surface area (Å²) in [5, 5.41) is 2.21. The van der Waals surface area contributed by atoms with Crippen molar-refractivity contribution < 1.29 is 17.6 Å². The molecule has 0 unspecified atom stereocenters. The molecular formula is C14H10Cl2FNO3S. The Kier molecular flexibility index (Phi) is 4.75. The van der Waals surface area contributed by atoms with Crippen LogP contribution >= 0.6 is 23.2 Å². The molecule has 2 aromatic rings. The van der Waals surface area contributed by atoms with Gasteiger partial charge < -0.3 is 5.32 Å². The summed E-state index contributed by atoms with van der Waals surface area (Å²) in [4.78, 5) is 12.1. The van der Waals surface area contributed by atoms with E-state index >= 15 is 0 Å². The number of carbonyl (C=O) groups is 1. The second-order valence-electron chi connectivity index (χ2n) is 4.47. The van der Waals surface area contributed by atoms with E-state index < -0.39 is 21.6 Å². The lowest BCUT2D eigenvalue weighted by Gasteiger charge is -2.09. The van der Waals surface area contributed by atoms with Crippen LogP contribution in [-0.4, -0.2) is 20.6 Å². The van der Waals surface area contributed by atoms with Crippen molar-refractivity contribution in [2.24, 2.45) is 0 Å². The zero-order valence-electron chi connectivity index (χ0n) is 11.2. The van der Waals surface area contributed by atoms with E-state index in [2.05, 4.69) is 5.32 Å². The standard InChI is InChI=1S/C14H10Cl2FNO3S/c1-22(20,21)8-5-6-10(15)9(7-8)14(19)18-12-4-2-3-11(16)13(12)17/h2-7H,1H3,(H,18,19). The third-order valence-corrected chi connectivity index (χ3v) is 4.54. The van der Waals surface area contributed by atoms with Gasteiger partial charge in [0.15, 0.2) is 15.7 Å².